The summed E-state index contributed by atoms with van der Waals surface area (Å²) in [5.41, 5.74) is 2.40. The number of benzene rings is 2. The van der Waals surface area contributed by atoms with Crippen molar-refractivity contribution in [2.24, 2.45) is 4.74 Å². The van der Waals surface area contributed by atoms with Crippen molar-refractivity contribution in [3.8, 4) is 11.5 Å². The molecule has 2 aromatic rings. The first-order chi connectivity index (χ1) is 9.50. The molecular formula is C16H20NO2P. The maximum Gasteiger partial charge on any atom is 0.310 e. The summed E-state index contributed by atoms with van der Waals surface area (Å²) in [5.74, 6) is 1.56. The minimum atomic E-state index is -2.30. The second-order valence-corrected chi connectivity index (χ2v) is 7.18. The van der Waals surface area contributed by atoms with Crippen LogP contribution in [0.4, 0.5) is 0 Å². The standard InChI is InChI=1S/C16H20NO2P/c1-13-5-9-15(10-6-13)18-20(4,17-3)19-16-11-7-14(2)8-12-16/h5-12H,1-4H3. The zero-order valence-electron chi connectivity index (χ0n) is 12.3. The molecule has 0 atom stereocenters. The van der Waals surface area contributed by atoms with Gasteiger partial charge in [0.1, 0.15) is 11.5 Å². The molecule has 0 amide bonds. The Bertz CT molecular complexity index is 566. The fourth-order valence-corrected chi connectivity index (χ4v) is 2.92. The fourth-order valence-electron chi connectivity index (χ4n) is 1.69. The molecular weight excluding hydrogens is 269 g/mol. The van der Waals surface area contributed by atoms with E-state index in [9.17, 15) is 0 Å². The predicted octanol–water partition coefficient (Wildman–Crippen LogP) is 5.05. The summed E-state index contributed by atoms with van der Waals surface area (Å²) < 4.78 is 16.2. The Kier molecular flexibility index (Phi) is 4.51. The Morgan fingerprint density at radius 2 is 1.10 bits per heavy atom. The molecule has 0 aliphatic heterocycles. The van der Waals surface area contributed by atoms with E-state index in [1.165, 1.54) is 11.1 Å². The van der Waals surface area contributed by atoms with Gasteiger partial charge in [0.05, 0.1) is 0 Å². The molecule has 106 valence electrons. The maximum absolute atomic E-state index is 5.96. The number of hydrogen-bond donors (Lipinski definition) is 0. The third kappa shape index (κ3) is 3.88. The van der Waals surface area contributed by atoms with Gasteiger partial charge in [0.2, 0.25) is 0 Å². The van der Waals surface area contributed by atoms with Crippen LogP contribution in [-0.2, 0) is 0 Å². The molecule has 0 aliphatic rings. The van der Waals surface area contributed by atoms with Crippen molar-refractivity contribution in [3.05, 3.63) is 59.7 Å². The van der Waals surface area contributed by atoms with Gasteiger partial charge >= 0.3 is 7.51 Å². The zero-order chi connectivity index (χ0) is 14.6. The minimum absolute atomic E-state index is 0.782. The lowest BCUT2D eigenvalue weighted by atomic mass is 10.2. The Hall–Kier alpha value is -1.73. The Labute approximate surface area is 120 Å². The SMILES string of the molecule is CN=P(C)(Oc1ccc(C)cc1)Oc1ccc(C)cc1. The first kappa shape index (κ1) is 14.7. The van der Waals surface area contributed by atoms with E-state index >= 15 is 0 Å². The smallest absolute Gasteiger partial charge is 0.310 e. The number of nitrogens with zero attached hydrogens (tertiary/aromatic N) is 1. The molecule has 2 aromatic carbocycles. The van der Waals surface area contributed by atoms with Crippen molar-refractivity contribution in [3.63, 3.8) is 0 Å². The van der Waals surface area contributed by atoms with Gasteiger partial charge in [-0.3, -0.25) is 0 Å². The van der Waals surface area contributed by atoms with Gasteiger partial charge in [-0.15, -0.1) is 0 Å². The molecule has 4 heteroatoms. The molecule has 0 aromatic heterocycles. The van der Waals surface area contributed by atoms with Gasteiger partial charge in [0.15, 0.2) is 0 Å². The molecule has 0 radical (unpaired) electrons. The van der Waals surface area contributed by atoms with Crippen molar-refractivity contribution < 1.29 is 9.05 Å². The van der Waals surface area contributed by atoms with E-state index in [0.29, 0.717) is 0 Å². The van der Waals surface area contributed by atoms with Crippen LogP contribution in [0.1, 0.15) is 11.1 Å². The summed E-state index contributed by atoms with van der Waals surface area (Å²) in [4.78, 5) is 0. The molecule has 0 spiro atoms. The lowest BCUT2D eigenvalue weighted by Crippen LogP contribution is -2.00. The molecule has 0 saturated carbocycles. The van der Waals surface area contributed by atoms with Crippen LogP contribution in [0, 0.1) is 13.8 Å². The summed E-state index contributed by atoms with van der Waals surface area (Å²) >= 11 is 0. The molecule has 0 saturated heterocycles. The van der Waals surface area contributed by atoms with Gasteiger partial charge in [0, 0.05) is 13.7 Å². The average Bonchev–Trinajstić information content (AvgIpc) is 2.44. The molecule has 2 rings (SSSR count). The third-order valence-electron chi connectivity index (χ3n) is 2.95. The van der Waals surface area contributed by atoms with Gasteiger partial charge in [-0.05, 0) is 38.1 Å². The summed E-state index contributed by atoms with van der Waals surface area (Å²) in [6.07, 6.45) is 0. The van der Waals surface area contributed by atoms with Crippen molar-refractivity contribution in [2.75, 3.05) is 13.7 Å². The number of hydrogen-bond acceptors (Lipinski definition) is 3. The molecule has 0 fully saturated rings. The topological polar surface area (TPSA) is 30.8 Å². The monoisotopic (exact) mass is 289 g/mol. The van der Waals surface area contributed by atoms with Crippen LogP contribution in [0.5, 0.6) is 11.5 Å². The van der Waals surface area contributed by atoms with E-state index < -0.39 is 7.51 Å². The van der Waals surface area contributed by atoms with Crippen LogP contribution >= 0.6 is 7.51 Å². The first-order valence-corrected chi connectivity index (χ1v) is 8.54. The molecule has 3 nitrogen and oxygen atoms in total. The van der Waals surface area contributed by atoms with Crippen molar-refractivity contribution in [1.29, 1.82) is 0 Å². The van der Waals surface area contributed by atoms with Crippen molar-refractivity contribution >= 4 is 7.51 Å². The molecule has 0 N–H and O–H groups in total. The summed E-state index contributed by atoms with van der Waals surface area (Å²) in [5, 5.41) is 0. The third-order valence-corrected chi connectivity index (χ3v) is 4.78. The van der Waals surface area contributed by atoms with Crippen molar-refractivity contribution in [1.82, 2.24) is 0 Å². The predicted molar refractivity (Wildman–Crippen MR) is 84.8 cm³/mol. The van der Waals surface area contributed by atoms with Crippen LogP contribution in [-0.4, -0.2) is 13.7 Å². The van der Waals surface area contributed by atoms with Crippen LogP contribution in [0.2, 0.25) is 0 Å². The van der Waals surface area contributed by atoms with E-state index in [1.54, 1.807) is 7.05 Å². The molecule has 0 aliphatic carbocycles. The molecule has 0 unspecified atom stereocenters. The Morgan fingerprint density at radius 1 is 0.750 bits per heavy atom. The van der Waals surface area contributed by atoms with E-state index in [4.69, 9.17) is 9.05 Å². The lowest BCUT2D eigenvalue weighted by molar-refractivity contribution is 0.481. The largest absolute Gasteiger partial charge is 0.430 e. The normalized spacial score (nSPS) is 11.0. The highest BCUT2D eigenvalue weighted by atomic mass is 31.2. The van der Waals surface area contributed by atoms with Gasteiger partial charge in [-0.25, -0.2) is 4.74 Å². The molecule has 0 heterocycles. The van der Waals surface area contributed by atoms with Gasteiger partial charge in [-0.1, -0.05) is 35.4 Å². The van der Waals surface area contributed by atoms with Gasteiger partial charge in [-0.2, -0.15) is 0 Å². The zero-order valence-corrected chi connectivity index (χ0v) is 13.2. The van der Waals surface area contributed by atoms with Crippen LogP contribution < -0.4 is 9.05 Å². The van der Waals surface area contributed by atoms with Crippen LogP contribution in [0.15, 0.2) is 53.3 Å². The van der Waals surface area contributed by atoms with E-state index in [1.807, 2.05) is 69.0 Å². The second kappa shape index (κ2) is 6.15. The summed E-state index contributed by atoms with van der Waals surface area (Å²) in [6.45, 7) is 6.00. The summed E-state index contributed by atoms with van der Waals surface area (Å²) in [7, 11) is -0.567. The van der Waals surface area contributed by atoms with E-state index in [2.05, 4.69) is 4.74 Å². The maximum atomic E-state index is 5.96. The highest BCUT2D eigenvalue weighted by Gasteiger charge is 2.17. The summed E-state index contributed by atoms with van der Waals surface area (Å²) in [6, 6.07) is 15.8. The molecule has 20 heavy (non-hydrogen) atoms. The second-order valence-electron chi connectivity index (χ2n) is 4.81. The highest BCUT2D eigenvalue weighted by molar-refractivity contribution is 7.56. The Balaban J connectivity index is 2.17. The fraction of sp³-hybridized carbons (Fsp3) is 0.250. The van der Waals surface area contributed by atoms with E-state index in [0.717, 1.165) is 11.5 Å². The van der Waals surface area contributed by atoms with Crippen LogP contribution in [0.3, 0.4) is 0 Å². The minimum Gasteiger partial charge on any atom is -0.430 e. The quantitative estimate of drug-likeness (QED) is 0.737. The Morgan fingerprint density at radius 3 is 1.40 bits per heavy atom. The molecule has 0 bridgehead atoms. The van der Waals surface area contributed by atoms with Crippen LogP contribution in [0.25, 0.3) is 0 Å². The van der Waals surface area contributed by atoms with E-state index in [-0.39, 0.29) is 0 Å². The van der Waals surface area contributed by atoms with Crippen molar-refractivity contribution in [2.45, 2.75) is 13.8 Å². The number of rotatable bonds is 4. The number of aryl methyl sites for hydroxylation is 2. The highest BCUT2D eigenvalue weighted by Crippen LogP contribution is 2.47. The lowest BCUT2D eigenvalue weighted by Gasteiger charge is -2.21. The van der Waals surface area contributed by atoms with Gasteiger partial charge < -0.3 is 9.05 Å². The average molecular weight is 289 g/mol. The van der Waals surface area contributed by atoms with Gasteiger partial charge in [0.25, 0.3) is 0 Å². The first-order valence-electron chi connectivity index (χ1n) is 6.51.